The van der Waals surface area contributed by atoms with Crippen LogP contribution in [0.1, 0.15) is 18.9 Å². The molecule has 2 N–H and O–H groups in total. The van der Waals surface area contributed by atoms with Crippen LogP contribution in [-0.4, -0.2) is 21.0 Å². The Morgan fingerprint density at radius 3 is 2.68 bits per heavy atom. The summed E-state index contributed by atoms with van der Waals surface area (Å²) in [6.07, 6.45) is 7.05. The molecule has 0 aromatic carbocycles. The Balaban J connectivity index is 2.05. The van der Waals surface area contributed by atoms with Gasteiger partial charge < -0.3 is 5.73 Å². The molecule has 2 rings (SSSR count). The number of hydrogen-bond donors (Lipinski definition) is 1. The molecule has 0 aliphatic carbocycles. The average molecular weight is 295 g/mol. The Labute approximate surface area is 121 Å². The van der Waals surface area contributed by atoms with E-state index in [0.717, 1.165) is 18.4 Å². The van der Waals surface area contributed by atoms with Crippen LogP contribution in [0.5, 0.6) is 0 Å². The van der Waals surface area contributed by atoms with Crippen molar-refractivity contribution in [1.82, 2.24) is 15.0 Å². The van der Waals surface area contributed by atoms with Crippen LogP contribution in [0, 0.1) is 0 Å². The summed E-state index contributed by atoms with van der Waals surface area (Å²) in [7, 11) is 0. The van der Waals surface area contributed by atoms with Gasteiger partial charge in [-0.3, -0.25) is 0 Å². The van der Waals surface area contributed by atoms with E-state index in [2.05, 4.69) is 21.9 Å². The maximum absolute atomic E-state index is 6.04. The minimum Gasteiger partial charge on any atom is -0.327 e. The summed E-state index contributed by atoms with van der Waals surface area (Å²) in [4.78, 5) is 12.8. The van der Waals surface area contributed by atoms with E-state index in [9.17, 15) is 0 Å². The van der Waals surface area contributed by atoms with E-state index in [4.69, 9.17) is 17.3 Å². The highest BCUT2D eigenvalue weighted by Crippen LogP contribution is 2.28. The summed E-state index contributed by atoms with van der Waals surface area (Å²) >= 11 is 7.39. The Bertz CT molecular complexity index is 532. The molecule has 0 fully saturated rings. The lowest BCUT2D eigenvalue weighted by molar-refractivity contribution is 0.641. The van der Waals surface area contributed by atoms with Gasteiger partial charge in [0.05, 0.1) is 5.02 Å². The van der Waals surface area contributed by atoms with Gasteiger partial charge in [0.25, 0.3) is 0 Å². The molecule has 1 unspecified atom stereocenters. The largest absolute Gasteiger partial charge is 0.327 e. The summed E-state index contributed by atoms with van der Waals surface area (Å²) in [5, 5.41) is 1.95. The molecular weight excluding hydrogens is 280 g/mol. The third-order valence-corrected chi connectivity index (χ3v) is 3.95. The van der Waals surface area contributed by atoms with Crippen LogP contribution in [0.4, 0.5) is 0 Å². The minimum absolute atomic E-state index is 0.160. The van der Waals surface area contributed by atoms with E-state index in [0.29, 0.717) is 15.2 Å². The molecule has 0 bridgehead atoms. The van der Waals surface area contributed by atoms with Gasteiger partial charge in [0.15, 0.2) is 5.16 Å². The van der Waals surface area contributed by atoms with Crippen molar-refractivity contribution in [3.8, 4) is 0 Å². The second-order valence-corrected chi connectivity index (χ2v) is 5.50. The predicted octanol–water partition coefficient (Wildman–Crippen LogP) is 2.96. The van der Waals surface area contributed by atoms with Gasteiger partial charge in [0.2, 0.25) is 0 Å². The van der Waals surface area contributed by atoms with E-state index < -0.39 is 0 Å². The van der Waals surface area contributed by atoms with Gasteiger partial charge in [0.1, 0.15) is 5.03 Å². The summed E-state index contributed by atoms with van der Waals surface area (Å²) in [5.74, 6) is 0. The van der Waals surface area contributed by atoms with Gasteiger partial charge in [-0.15, -0.1) is 0 Å². The smallest absolute Gasteiger partial charge is 0.193 e. The molecule has 100 valence electrons. The molecule has 2 aromatic heterocycles. The van der Waals surface area contributed by atoms with E-state index in [1.54, 1.807) is 18.3 Å². The fraction of sp³-hybridized carbons (Fsp3) is 0.308. The lowest BCUT2D eigenvalue weighted by Gasteiger charge is -2.08. The van der Waals surface area contributed by atoms with Gasteiger partial charge >= 0.3 is 0 Å². The molecule has 0 aliphatic rings. The number of nitrogens with two attached hydrogens (primary N) is 1. The first-order valence-electron chi connectivity index (χ1n) is 6.04. The molecule has 0 radical (unpaired) electrons. The monoisotopic (exact) mass is 294 g/mol. The first kappa shape index (κ1) is 14.2. The van der Waals surface area contributed by atoms with Crippen LogP contribution in [0.3, 0.4) is 0 Å². The second-order valence-electron chi connectivity index (χ2n) is 4.14. The average Bonchev–Trinajstić information content (AvgIpc) is 2.43. The third-order valence-electron chi connectivity index (χ3n) is 2.62. The molecule has 0 spiro atoms. The molecule has 6 heteroatoms. The Morgan fingerprint density at radius 2 is 2.05 bits per heavy atom. The summed E-state index contributed by atoms with van der Waals surface area (Å²) < 4.78 is 0. The van der Waals surface area contributed by atoms with Gasteiger partial charge in [-0.1, -0.05) is 18.5 Å². The van der Waals surface area contributed by atoms with Crippen LogP contribution < -0.4 is 5.73 Å². The molecule has 1 atom stereocenters. The summed E-state index contributed by atoms with van der Waals surface area (Å²) in [6.45, 7) is 2.07. The van der Waals surface area contributed by atoms with Crippen molar-refractivity contribution in [1.29, 1.82) is 0 Å². The van der Waals surface area contributed by atoms with Crippen molar-refractivity contribution in [3.05, 3.63) is 41.3 Å². The van der Waals surface area contributed by atoms with Crippen LogP contribution >= 0.6 is 23.4 Å². The molecule has 2 heterocycles. The van der Waals surface area contributed by atoms with Crippen molar-refractivity contribution in [3.63, 3.8) is 0 Å². The van der Waals surface area contributed by atoms with E-state index in [-0.39, 0.29) is 6.04 Å². The fourth-order valence-electron chi connectivity index (χ4n) is 1.48. The molecule has 0 aliphatic heterocycles. The maximum atomic E-state index is 6.04. The Hall–Kier alpha value is -1.17. The highest BCUT2D eigenvalue weighted by Gasteiger charge is 2.07. The molecule has 19 heavy (non-hydrogen) atoms. The van der Waals surface area contributed by atoms with Crippen molar-refractivity contribution >= 4 is 23.4 Å². The number of pyridine rings is 1. The zero-order valence-electron chi connectivity index (χ0n) is 10.6. The Morgan fingerprint density at radius 1 is 1.32 bits per heavy atom. The van der Waals surface area contributed by atoms with Crippen molar-refractivity contribution in [2.45, 2.75) is 36.0 Å². The zero-order valence-corrected chi connectivity index (χ0v) is 12.2. The summed E-state index contributed by atoms with van der Waals surface area (Å²) in [6, 6.07) is 3.75. The number of halogens is 1. The molecule has 0 saturated heterocycles. The third kappa shape index (κ3) is 4.16. The van der Waals surface area contributed by atoms with Gasteiger partial charge in [-0.05, 0) is 42.3 Å². The fourth-order valence-corrected chi connectivity index (χ4v) is 2.38. The molecule has 4 nitrogen and oxygen atoms in total. The van der Waals surface area contributed by atoms with Gasteiger partial charge in [-0.2, -0.15) is 0 Å². The first-order chi connectivity index (χ1) is 9.19. The highest BCUT2D eigenvalue weighted by molar-refractivity contribution is 7.99. The van der Waals surface area contributed by atoms with Gasteiger partial charge in [-0.25, -0.2) is 15.0 Å². The van der Waals surface area contributed by atoms with E-state index in [1.807, 2.05) is 12.4 Å². The van der Waals surface area contributed by atoms with Crippen LogP contribution in [0.2, 0.25) is 5.02 Å². The number of hydrogen-bond acceptors (Lipinski definition) is 5. The SMILES string of the molecule is CCC(N)Cc1cnc(Sc2ncccc2Cl)nc1. The number of aromatic nitrogens is 3. The quantitative estimate of drug-likeness (QED) is 0.859. The zero-order chi connectivity index (χ0) is 13.7. The Kier molecular flexibility index (Phi) is 5.13. The normalized spacial score (nSPS) is 12.4. The van der Waals surface area contributed by atoms with Gasteiger partial charge in [0, 0.05) is 24.6 Å². The molecule has 2 aromatic rings. The van der Waals surface area contributed by atoms with E-state index >= 15 is 0 Å². The first-order valence-corrected chi connectivity index (χ1v) is 7.23. The number of nitrogens with zero attached hydrogens (tertiary/aromatic N) is 3. The van der Waals surface area contributed by atoms with E-state index in [1.165, 1.54) is 11.8 Å². The molecule has 0 amide bonds. The van der Waals surface area contributed by atoms with Crippen LogP contribution in [-0.2, 0) is 6.42 Å². The summed E-state index contributed by atoms with van der Waals surface area (Å²) in [5.41, 5.74) is 6.95. The highest BCUT2D eigenvalue weighted by atomic mass is 35.5. The van der Waals surface area contributed by atoms with Crippen molar-refractivity contribution in [2.24, 2.45) is 5.73 Å². The minimum atomic E-state index is 0.160. The van der Waals surface area contributed by atoms with Crippen molar-refractivity contribution < 1.29 is 0 Å². The lowest BCUT2D eigenvalue weighted by atomic mass is 10.1. The maximum Gasteiger partial charge on any atom is 0.193 e. The van der Waals surface area contributed by atoms with Crippen LogP contribution in [0.15, 0.2) is 40.9 Å². The second kappa shape index (κ2) is 6.84. The number of rotatable bonds is 5. The predicted molar refractivity (Wildman–Crippen MR) is 77.4 cm³/mol. The lowest BCUT2D eigenvalue weighted by Crippen LogP contribution is -2.21. The molecule has 0 saturated carbocycles. The molecular formula is C13H15ClN4S. The van der Waals surface area contributed by atoms with Crippen molar-refractivity contribution in [2.75, 3.05) is 0 Å². The topological polar surface area (TPSA) is 64.7 Å². The standard InChI is InChI=1S/C13H15ClN4S/c1-2-10(15)6-9-7-17-13(18-8-9)19-12-11(14)4-3-5-16-12/h3-5,7-8,10H,2,6,15H2,1H3. The van der Waals surface area contributed by atoms with Crippen LogP contribution in [0.25, 0.3) is 0 Å².